The second-order valence-electron chi connectivity index (χ2n) is 3.94. The molecule has 0 spiro atoms. The van der Waals surface area contributed by atoms with Gasteiger partial charge in [0, 0.05) is 14.9 Å². The van der Waals surface area contributed by atoms with E-state index < -0.39 is 11.6 Å². The maximum atomic E-state index is 13.6. The first-order valence-corrected chi connectivity index (χ1v) is 7.11. The second kappa shape index (κ2) is 5.93. The van der Waals surface area contributed by atoms with E-state index in [4.69, 9.17) is 0 Å². The average Bonchev–Trinajstić information content (AvgIpc) is 2.28. The third-order valence-corrected chi connectivity index (χ3v) is 3.89. The molecule has 4 heteroatoms. The molecular formula is C14H10Br2F2. The minimum atomic E-state index is -0.521. The Balaban J connectivity index is 2.25. The van der Waals surface area contributed by atoms with Crippen molar-refractivity contribution < 1.29 is 8.78 Å². The van der Waals surface area contributed by atoms with Crippen molar-refractivity contribution in [1.82, 2.24) is 0 Å². The van der Waals surface area contributed by atoms with Gasteiger partial charge >= 0.3 is 0 Å². The molecule has 1 atom stereocenters. The molecule has 0 aliphatic heterocycles. The van der Waals surface area contributed by atoms with Crippen LogP contribution in [0.1, 0.15) is 16.0 Å². The van der Waals surface area contributed by atoms with Gasteiger partial charge in [0.2, 0.25) is 0 Å². The fourth-order valence-corrected chi connectivity index (χ4v) is 3.04. The highest BCUT2D eigenvalue weighted by Crippen LogP contribution is 2.31. The monoisotopic (exact) mass is 374 g/mol. The minimum absolute atomic E-state index is 0.0810. The van der Waals surface area contributed by atoms with Gasteiger partial charge in [0.1, 0.15) is 11.6 Å². The number of hydrogen-bond donors (Lipinski definition) is 0. The predicted octanol–water partition coefficient (Wildman–Crippen LogP) is 5.41. The molecular weight excluding hydrogens is 366 g/mol. The fourth-order valence-electron chi connectivity index (χ4n) is 1.78. The molecule has 0 aliphatic rings. The first-order valence-electron chi connectivity index (χ1n) is 5.40. The largest absolute Gasteiger partial charge is 0.207 e. The zero-order valence-electron chi connectivity index (χ0n) is 9.34. The van der Waals surface area contributed by atoms with E-state index in [1.807, 2.05) is 24.3 Å². The lowest BCUT2D eigenvalue weighted by atomic mass is 10.0. The summed E-state index contributed by atoms with van der Waals surface area (Å²) in [6, 6.07) is 11.6. The molecule has 2 aromatic carbocycles. The quantitative estimate of drug-likeness (QED) is 0.629. The van der Waals surface area contributed by atoms with Gasteiger partial charge in [-0.05, 0) is 36.2 Å². The van der Waals surface area contributed by atoms with Crippen molar-refractivity contribution in [2.45, 2.75) is 11.2 Å². The van der Waals surface area contributed by atoms with Gasteiger partial charge in [-0.15, -0.1) is 0 Å². The van der Waals surface area contributed by atoms with Gasteiger partial charge in [0.05, 0.1) is 0 Å². The van der Waals surface area contributed by atoms with Gasteiger partial charge in [0.15, 0.2) is 0 Å². The van der Waals surface area contributed by atoms with Crippen molar-refractivity contribution in [3.8, 4) is 0 Å². The van der Waals surface area contributed by atoms with Gasteiger partial charge in [-0.2, -0.15) is 0 Å². The Kier molecular flexibility index (Phi) is 4.51. The molecule has 0 saturated heterocycles. The summed E-state index contributed by atoms with van der Waals surface area (Å²) in [5, 5.41) is 0. The average molecular weight is 376 g/mol. The van der Waals surface area contributed by atoms with Crippen LogP contribution in [0.4, 0.5) is 8.78 Å². The van der Waals surface area contributed by atoms with Crippen molar-refractivity contribution in [3.05, 3.63) is 69.7 Å². The van der Waals surface area contributed by atoms with Crippen LogP contribution in [0.15, 0.2) is 46.9 Å². The third-order valence-electron chi connectivity index (χ3n) is 2.62. The zero-order valence-corrected chi connectivity index (χ0v) is 12.5. The molecule has 0 nitrogen and oxygen atoms in total. The molecule has 0 aromatic heterocycles. The first kappa shape index (κ1) is 13.7. The van der Waals surface area contributed by atoms with Crippen LogP contribution in [-0.4, -0.2) is 0 Å². The standard InChI is InChI=1S/C14H10Br2F2/c15-10-4-1-3-9(7-10)8-11(16)14-12(17)5-2-6-13(14)18/h1-7,11H,8H2. The van der Waals surface area contributed by atoms with E-state index in [2.05, 4.69) is 31.9 Å². The maximum Gasteiger partial charge on any atom is 0.130 e. The van der Waals surface area contributed by atoms with Crippen molar-refractivity contribution >= 4 is 31.9 Å². The molecule has 0 bridgehead atoms. The van der Waals surface area contributed by atoms with Gasteiger partial charge in [-0.3, -0.25) is 0 Å². The summed E-state index contributed by atoms with van der Waals surface area (Å²) in [4.78, 5) is -0.381. The van der Waals surface area contributed by atoms with Crippen molar-refractivity contribution in [2.24, 2.45) is 0 Å². The molecule has 1 unspecified atom stereocenters. The first-order chi connectivity index (χ1) is 8.58. The van der Waals surface area contributed by atoms with Crippen LogP contribution in [0.25, 0.3) is 0 Å². The van der Waals surface area contributed by atoms with Crippen LogP contribution in [0, 0.1) is 11.6 Å². The van der Waals surface area contributed by atoms with Gasteiger partial charge in [-0.1, -0.05) is 50.1 Å². The highest BCUT2D eigenvalue weighted by Gasteiger charge is 2.17. The fraction of sp³-hybridized carbons (Fsp3) is 0.143. The summed E-state index contributed by atoms with van der Waals surface area (Å²) in [6.45, 7) is 0. The van der Waals surface area contributed by atoms with E-state index >= 15 is 0 Å². The zero-order chi connectivity index (χ0) is 13.1. The Bertz CT molecular complexity index is 535. The Morgan fingerprint density at radius 2 is 1.61 bits per heavy atom. The molecule has 0 saturated carbocycles. The molecule has 0 fully saturated rings. The summed E-state index contributed by atoms with van der Waals surface area (Å²) in [7, 11) is 0. The number of rotatable bonds is 3. The highest BCUT2D eigenvalue weighted by atomic mass is 79.9. The lowest BCUT2D eigenvalue weighted by Gasteiger charge is -2.12. The molecule has 2 aromatic rings. The summed E-state index contributed by atoms with van der Waals surface area (Å²) < 4.78 is 28.2. The molecule has 94 valence electrons. The molecule has 0 radical (unpaired) electrons. The smallest absolute Gasteiger partial charge is 0.130 e. The molecule has 2 rings (SSSR count). The van der Waals surface area contributed by atoms with Gasteiger partial charge < -0.3 is 0 Å². The second-order valence-corrected chi connectivity index (χ2v) is 5.96. The van der Waals surface area contributed by atoms with E-state index in [1.165, 1.54) is 18.2 Å². The lowest BCUT2D eigenvalue weighted by Crippen LogP contribution is -2.02. The number of halogens is 4. The molecule has 0 heterocycles. The summed E-state index contributed by atoms with van der Waals surface area (Å²) in [5.41, 5.74) is 1.09. The molecule has 0 aliphatic carbocycles. The number of hydrogen-bond acceptors (Lipinski definition) is 0. The van der Waals surface area contributed by atoms with Crippen LogP contribution < -0.4 is 0 Å². The molecule has 18 heavy (non-hydrogen) atoms. The third kappa shape index (κ3) is 3.18. The predicted molar refractivity (Wildman–Crippen MR) is 75.9 cm³/mol. The maximum absolute atomic E-state index is 13.6. The van der Waals surface area contributed by atoms with Crippen LogP contribution in [0.3, 0.4) is 0 Å². The van der Waals surface area contributed by atoms with Crippen LogP contribution in [-0.2, 0) is 6.42 Å². The van der Waals surface area contributed by atoms with Crippen molar-refractivity contribution in [3.63, 3.8) is 0 Å². The Labute approximate surface area is 121 Å². The SMILES string of the molecule is Fc1cccc(F)c1C(Br)Cc1cccc(Br)c1. The van der Waals surface area contributed by atoms with Crippen LogP contribution in [0.5, 0.6) is 0 Å². The van der Waals surface area contributed by atoms with E-state index in [-0.39, 0.29) is 10.4 Å². The number of benzene rings is 2. The van der Waals surface area contributed by atoms with Gasteiger partial charge in [0.25, 0.3) is 0 Å². The van der Waals surface area contributed by atoms with E-state index in [0.717, 1.165) is 10.0 Å². The van der Waals surface area contributed by atoms with E-state index in [1.54, 1.807) is 0 Å². The summed E-state index contributed by atoms with van der Waals surface area (Å²) in [6.07, 6.45) is 0.525. The van der Waals surface area contributed by atoms with E-state index in [0.29, 0.717) is 6.42 Å². The van der Waals surface area contributed by atoms with Crippen molar-refractivity contribution in [2.75, 3.05) is 0 Å². The van der Waals surface area contributed by atoms with E-state index in [9.17, 15) is 8.78 Å². The summed E-state index contributed by atoms with van der Waals surface area (Å²) >= 11 is 6.73. The summed E-state index contributed by atoms with van der Waals surface area (Å²) in [5.74, 6) is -1.04. The van der Waals surface area contributed by atoms with Gasteiger partial charge in [-0.25, -0.2) is 8.78 Å². The molecule has 0 amide bonds. The molecule has 0 N–H and O–H groups in total. The lowest BCUT2D eigenvalue weighted by molar-refractivity contribution is 0.553. The highest BCUT2D eigenvalue weighted by molar-refractivity contribution is 9.10. The number of alkyl halides is 1. The van der Waals surface area contributed by atoms with Crippen LogP contribution in [0.2, 0.25) is 0 Å². The van der Waals surface area contributed by atoms with Crippen LogP contribution >= 0.6 is 31.9 Å². The normalized spacial score (nSPS) is 12.4. The Morgan fingerprint density at radius 1 is 1.00 bits per heavy atom. The Morgan fingerprint density at radius 3 is 2.22 bits per heavy atom. The van der Waals surface area contributed by atoms with Crippen molar-refractivity contribution in [1.29, 1.82) is 0 Å². The minimum Gasteiger partial charge on any atom is -0.207 e. The topological polar surface area (TPSA) is 0 Å². The Hall–Kier alpha value is -0.740.